The van der Waals surface area contributed by atoms with Gasteiger partial charge in [-0.05, 0) is 24.3 Å². The number of aliphatic hydroxyl groups excluding tert-OH is 1. The Kier molecular flexibility index (Phi) is 6.21. The number of ether oxygens (including phenoxy) is 1. The van der Waals surface area contributed by atoms with Crippen LogP contribution in [0.3, 0.4) is 0 Å². The van der Waals surface area contributed by atoms with Gasteiger partial charge in [-0.1, -0.05) is 44.2 Å². The van der Waals surface area contributed by atoms with Gasteiger partial charge in [0.25, 0.3) is 0 Å². The molecule has 3 unspecified atom stereocenters. The van der Waals surface area contributed by atoms with Crippen LogP contribution >= 0.6 is 0 Å². The molecule has 0 spiro atoms. The number of urea groups is 1. The summed E-state index contributed by atoms with van der Waals surface area (Å²) < 4.78 is 5.76. The molecular weight excluding hydrogens is 280 g/mol. The second kappa shape index (κ2) is 8.15. The average Bonchev–Trinajstić information content (AvgIpc) is 2.95. The van der Waals surface area contributed by atoms with Gasteiger partial charge in [0.2, 0.25) is 0 Å². The van der Waals surface area contributed by atoms with Crippen LogP contribution in [0.5, 0.6) is 0 Å². The zero-order chi connectivity index (χ0) is 15.9. The van der Waals surface area contributed by atoms with E-state index in [0.717, 1.165) is 18.4 Å². The standard InChI is InChI=1S/C17H26N2O3/c1-12(2)10-14(11-20)18-17(21)19-15-8-9-22-16(15)13-6-4-3-5-7-13/h3-7,12,14-16,20H,8-11H2,1-2H3,(H2,18,19,21). The lowest BCUT2D eigenvalue weighted by molar-refractivity contribution is 0.0996. The van der Waals surface area contributed by atoms with E-state index < -0.39 is 0 Å². The molecular formula is C17H26N2O3. The first kappa shape index (κ1) is 16.8. The van der Waals surface area contributed by atoms with Gasteiger partial charge < -0.3 is 20.5 Å². The number of aliphatic hydroxyl groups is 1. The van der Waals surface area contributed by atoms with E-state index in [2.05, 4.69) is 24.5 Å². The Hall–Kier alpha value is -1.59. The Bertz CT molecular complexity index is 464. The summed E-state index contributed by atoms with van der Waals surface area (Å²) in [6.07, 6.45) is 1.44. The minimum Gasteiger partial charge on any atom is -0.394 e. The first-order chi connectivity index (χ1) is 10.6. The molecule has 1 aliphatic heterocycles. The molecule has 0 saturated carbocycles. The molecule has 1 fully saturated rings. The monoisotopic (exact) mass is 306 g/mol. The van der Waals surface area contributed by atoms with Crippen LogP contribution in [0.1, 0.15) is 38.4 Å². The maximum atomic E-state index is 12.1. The summed E-state index contributed by atoms with van der Waals surface area (Å²) in [6.45, 7) is 4.73. The number of hydrogen-bond donors (Lipinski definition) is 3. The predicted octanol–water partition coefficient (Wildman–Crippen LogP) is 2.22. The summed E-state index contributed by atoms with van der Waals surface area (Å²) in [4.78, 5) is 12.1. The number of amides is 2. The third kappa shape index (κ3) is 4.71. The molecule has 5 heteroatoms. The molecule has 122 valence electrons. The number of carbonyl (C=O) groups excluding carboxylic acids is 1. The third-order valence-electron chi connectivity index (χ3n) is 3.85. The van der Waals surface area contributed by atoms with Gasteiger partial charge in [-0.2, -0.15) is 0 Å². The second-order valence-electron chi connectivity index (χ2n) is 6.22. The van der Waals surface area contributed by atoms with Gasteiger partial charge in [0.15, 0.2) is 0 Å². The second-order valence-corrected chi connectivity index (χ2v) is 6.22. The molecule has 0 bridgehead atoms. The molecule has 1 aromatic rings. The van der Waals surface area contributed by atoms with Crippen LogP contribution in [0.2, 0.25) is 0 Å². The lowest BCUT2D eigenvalue weighted by atomic mass is 10.0. The van der Waals surface area contributed by atoms with Crippen LogP contribution in [0.15, 0.2) is 30.3 Å². The molecule has 3 N–H and O–H groups in total. The van der Waals surface area contributed by atoms with Crippen molar-refractivity contribution in [2.24, 2.45) is 5.92 Å². The minimum absolute atomic E-state index is 0.0409. The van der Waals surface area contributed by atoms with E-state index in [-0.39, 0.29) is 30.8 Å². The number of rotatable bonds is 6. The van der Waals surface area contributed by atoms with Crippen molar-refractivity contribution in [2.45, 2.75) is 44.9 Å². The fourth-order valence-electron chi connectivity index (χ4n) is 2.85. The Morgan fingerprint density at radius 3 is 2.73 bits per heavy atom. The normalized spacial score (nSPS) is 22.5. The molecule has 3 atom stereocenters. The summed E-state index contributed by atoms with van der Waals surface area (Å²) in [5, 5.41) is 15.2. The molecule has 1 saturated heterocycles. The van der Waals surface area contributed by atoms with Crippen LogP contribution in [0, 0.1) is 5.92 Å². The van der Waals surface area contributed by atoms with Gasteiger partial charge >= 0.3 is 6.03 Å². The Morgan fingerprint density at radius 2 is 2.09 bits per heavy atom. The van der Waals surface area contributed by atoms with E-state index in [1.807, 2.05) is 30.3 Å². The van der Waals surface area contributed by atoms with Crippen LogP contribution in [0.25, 0.3) is 0 Å². The predicted molar refractivity (Wildman–Crippen MR) is 85.5 cm³/mol. The van der Waals surface area contributed by atoms with E-state index in [9.17, 15) is 9.90 Å². The van der Waals surface area contributed by atoms with Crippen LogP contribution < -0.4 is 10.6 Å². The average molecular weight is 306 g/mol. The molecule has 1 aliphatic rings. The van der Waals surface area contributed by atoms with Crippen molar-refractivity contribution in [3.05, 3.63) is 35.9 Å². The topological polar surface area (TPSA) is 70.6 Å². The summed E-state index contributed by atoms with van der Waals surface area (Å²) >= 11 is 0. The third-order valence-corrected chi connectivity index (χ3v) is 3.85. The molecule has 0 aromatic heterocycles. The first-order valence-electron chi connectivity index (χ1n) is 7.94. The van der Waals surface area contributed by atoms with Crippen molar-refractivity contribution in [1.82, 2.24) is 10.6 Å². The fourth-order valence-corrected chi connectivity index (χ4v) is 2.85. The smallest absolute Gasteiger partial charge is 0.315 e. The quantitative estimate of drug-likeness (QED) is 0.755. The number of benzene rings is 1. The van der Waals surface area contributed by atoms with Gasteiger partial charge in [0.05, 0.1) is 18.7 Å². The van der Waals surface area contributed by atoms with Crippen molar-refractivity contribution in [3.63, 3.8) is 0 Å². The van der Waals surface area contributed by atoms with Crippen LogP contribution in [-0.2, 0) is 4.74 Å². The highest BCUT2D eigenvalue weighted by atomic mass is 16.5. The van der Waals surface area contributed by atoms with Crippen molar-refractivity contribution in [1.29, 1.82) is 0 Å². The Labute approximate surface area is 132 Å². The molecule has 5 nitrogen and oxygen atoms in total. The van der Waals surface area contributed by atoms with Crippen molar-refractivity contribution in [2.75, 3.05) is 13.2 Å². The molecule has 0 aliphatic carbocycles. The van der Waals surface area contributed by atoms with Gasteiger partial charge in [-0.25, -0.2) is 4.79 Å². The van der Waals surface area contributed by atoms with E-state index in [0.29, 0.717) is 12.5 Å². The van der Waals surface area contributed by atoms with Gasteiger partial charge in [0, 0.05) is 6.61 Å². The highest BCUT2D eigenvalue weighted by Crippen LogP contribution is 2.28. The van der Waals surface area contributed by atoms with Crippen LogP contribution in [0.4, 0.5) is 4.79 Å². The Morgan fingerprint density at radius 1 is 1.36 bits per heavy atom. The molecule has 2 amide bonds. The van der Waals surface area contributed by atoms with Gasteiger partial charge in [0.1, 0.15) is 6.10 Å². The zero-order valence-corrected chi connectivity index (χ0v) is 13.3. The van der Waals surface area contributed by atoms with Crippen molar-refractivity contribution < 1.29 is 14.6 Å². The SMILES string of the molecule is CC(C)CC(CO)NC(=O)NC1CCOC1c1ccccc1. The maximum absolute atomic E-state index is 12.1. The fraction of sp³-hybridized carbons (Fsp3) is 0.588. The molecule has 1 heterocycles. The van der Waals surface area contributed by atoms with Crippen LogP contribution in [-0.4, -0.2) is 36.4 Å². The molecule has 22 heavy (non-hydrogen) atoms. The lowest BCUT2D eigenvalue weighted by Gasteiger charge is -2.23. The molecule has 0 radical (unpaired) electrons. The number of carbonyl (C=O) groups is 1. The van der Waals surface area contributed by atoms with Crippen molar-refractivity contribution in [3.8, 4) is 0 Å². The summed E-state index contributed by atoms with van der Waals surface area (Å²) in [5.41, 5.74) is 1.08. The summed E-state index contributed by atoms with van der Waals surface area (Å²) in [7, 11) is 0. The first-order valence-corrected chi connectivity index (χ1v) is 7.94. The molecule has 1 aromatic carbocycles. The highest BCUT2D eigenvalue weighted by molar-refractivity contribution is 5.74. The van der Waals surface area contributed by atoms with E-state index in [1.54, 1.807) is 0 Å². The lowest BCUT2D eigenvalue weighted by Crippen LogP contribution is -2.48. The largest absolute Gasteiger partial charge is 0.394 e. The zero-order valence-electron chi connectivity index (χ0n) is 13.3. The van der Waals surface area contributed by atoms with E-state index in [4.69, 9.17) is 4.74 Å². The minimum atomic E-state index is -0.240. The maximum Gasteiger partial charge on any atom is 0.315 e. The number of nitrogens with one attached hydrogen (secondary N) is 2. The van der Waals surface area contributed by atoms with E-state index >= 15 is 0 Å². The highest BCUT2D eigenvalue weighted by Gasteiger charge is 2.31. The Balaban J connectivity index is 1.90. The van der Waals surface area contributed by atoms with Gasteiger partial charge in [-0.15, -0.1) is 0 Å². The molecule has 2 rings (SSSR count). The van der Waals surface area contributed by atoms with Gasteiger partial charge in [-0.3, -0.25) is 0 Å². The van der Waals surface area contributed by atoms with Crippen molar-refractivity contribution >= 4 is 6.03 Å². The summed E-state index contributed by atoms with van der Waals surface area (Å²) in [5.74, 6) is 0.421. The van der Waals surface area contributed by atoms with E-state index in [1.165, 1.54) is 0 Å². The summed E-state index contributed by atoms with van der Waals surface area (Å²) in [6, 6.07) is 9.44. The number of hydrogen-bond acceptors (Lipinski definition) is 3.